The first-order valence-electron chi connectivity index (χ1n) is 6.13. The molecule has 0 aliphatic rings. The lowest BCUT2D eigenvalue weighted by atomic mass is 9.80. The number of hydrogen-bond donors (Lipinski definition) is 0. The zero-order chi connectivity index (χ0) is 13.5. The van der Waals surface area contributed by atoms with Gasteiger partial charge >= 0.3 is 0 Å². The molecule has 0 bridgehead atoms. The van der Waals surface area contributed by atoms with Crippen molar-refractivity contribution >= 4 is 22.5 Å². The zero-order valence-corrected chi connectivity index (χ0v) is 12.0. The summed E-state index contributed by atoms with van der Waals surface area (Å²) in [6.07, 6.45) is 0. The van der Waals surface area contributed by atoms with Gasteiger partial charge in [0.15, 0.2) is 5.69 Å². The van der Waals surface area contributed by atoms with E-state index in [0.29, 0.717) is 10.5 Å². The lowest BCUT2D eigenvalue weighted by molar-refractivity contribution is -0.588. The third kappa shape index (κ3) is 2.17. The van der Waals surface area contributed by atoms with Crippen LogP contribution in [0.3, 0.4) is 0 Å². The van der Waals surface area contributed by atoms with Crippen molar-refractivity contribution in [2.45, 2.75) is 33.6 Å². The second-order valence-corrected chi connectivity index (χ2v) is 6.22. The van der Waals surface area contributed by atoms with Crippen LogP contribution in [0.2, 0.25) is 5.02 Å². The molecule has 1 atom stereocenters. The maximum Gasteiger partial charge on any atom is 0.225 e. The molecule has 1 aromatic heterocycles. The smallest absolute Gasteiger partial charge is 0.225 e. The van der Waals surface area contributed by atoms with Crippen LogP contribution in [-0.2, 0) is 0 Å². The summed E-state index contributed by atoms with van der Waals surface area (Å²) in [5.74, 6) is 0.136. The Labute approximate surface area is 113 Å². The Bertz CT molecular complexity index is 587. The summed E-state index contributed by atoms with van der Waals surface area (Å²) in [7, 11) is 0. The maximum absolute atomic E-state index is 12.4. The Morgan fingerprint density at radius 3 is 2.44 bits per heavy atom. The quantitative estimate of drug-likeness (QED) is 0.557. The van der Waals surface area contributed by atoms with Gasteiger partial charge in [0.2, 0.25) is 5.52 Å². The first-order chi connectivity index (χ1) is 8.32. The molecule has 1 unspecified atom stereocenters. The molecule has 2 nitrogen and oxygen atoms in total. The van der Waals surface area contributed by atoms with Crippen LogP contribution in [0.15, 0.2) is 30.3 Å². The highest BCUT2D eigenvalue weighted by atomic mass is 35.5. The summed E-state index contributed by atoms with van der Waals surface area (Å²) < 4.78 is 1.01. The van der Waals surface area contributed by atoms with Crippen LogP contribution in [0, 0.1) is 10.6 Å². The van der Waals surface area contributed by atoms with Crippen molar-refractivity contribution < 1.29 is 4.73 Å². The third-order valence-corrected chi connectivity index (χ3v) is 3.94. The van der Waals surface area contributed by atoms with Crippen molar-refractivity contribution in [3.05, 3.63) is 46.3 Å². The standard InChI is InChI=1S/C15H18ClNO/c1-10(15(2,3)4)14-9-12(16)11-7-5-6-8-13(11)17(14)18/h5-10H,1-4H3. The number of rotatable bonds is 1. The van der Waals surface area contributed by atoms with Crippen LogP contribution in [0.1, 0.15) is 39.3 Å². The maximum atomic E-state index is 12.4. The van der Waals surface area contributed by atoms with Gasteiger partial charge in [-0.3, -0.25) is 0 Å². The molecular weight excluding hydrogens is 246 g/mol. The molecule has 1 heterocycles. The van der Waals surface area contributed by atoms with E-state index in [9.17, 15) is 5.21 Å². The van der Waals surface area contributed by atoms with Crippen LogP contribution >= 0.6 is 11.6 Å². The third-order valence-electron chi connectivity index (χ3n) is 3.63. The highest BCUT2D eigenvalue weighted by Crippen LogP contribution is 2.35. The molecule has 1 aromatic carbocycles. The van der Waals surface area contributed by atoms with Gasteiger partial charge in [-0.25, -0.2) is 0 Å². The van der Waals surface area contributed by atoms with Gasteiger partial charge in [-0.1, -0.05) is 51.4 Å². The fraction of sp³-hybridized carbons (Fsp3) is 0.400. The molecule has 0 fully saturated rings. The summed E-state index contributed by atoms with van der Waals surface area (Å²) in [6.45, 7) is 8.44. The first-order valence-corrected chi connectivity index (χ1v) is 6.51. The van der Waals surface area contributed by atoms with Crippen molar-refractivity contribution in [3.8, 4) is 0 Å². The fourth-order valence-corrected chi connectivity index (χ4v) is 2.27. The van der Waals surface area contributed by atoms with Crippen molar-refractivity contribution in [1.29, 1.82) is 0 Å². The van der Waals surface area contributed by atoms with E-state index in [1.54, 1.807) is 6.07 Å². The van der Waals surface area contributed by atoms with E-state index < -0.39 is 0 Å². The van der Waals surface area contributed by atoms with Crippen LogP contribution in [0.5, 0.6) is 0 Å². The Balaban J connectivity index is 2.71. The molecule has 0 aliphatic carbocycles. The molecule has 0 aliphatic heterocycles. The molecule has 3 heteroatoms. The molecular formula is C15H18ClNO. The Morgan fingerprint density at radius 1 is 1.22 bits per heavy atom. The van der Waals surface area contributed by atoms with E-state index in [1.807, 2.05) is 24.3 Å². The molecule has 2 rings (SSSR count). The molecule has 96 valence electrons. The van der Waals surface area contributed by atoms with Crippen LogP contribution in [0.25, 0.3) is 10.9 Å². The number of aromatic nitrogens is 1. The summed E-state index contributed by atoms with van der Waals surface area (Å²) in [5.41, 5.74) is 1.39. The van der Waals surface area contributed by atoms with Gasteiger partial charge in [-0.05, 0) is 11.5 Å². The summed E-state index contributed by atoms with van der Waals surface area (Å²) in [5, 5.41) is 13.9. The number of para-hydroxylation sites is 1. The van der Waals surface area contributed by atoms with E-state index in [4.69, 9.17) is 11.6 Å². The highest BCUT2D eigenvalue weighted by molar-refractivity contribution is 6.35. The Hall–Kier alpha value is -1.28. The highest BCUT2D eigenvalue weighted by Gasteiger charge is 2.29. The predicted molar refractivity (Wildman–Crippen MR) is 75.8 cm³/mol. The van der Waals surface area contributed by atoms with E-state index in [-0.39, 0.29) is 11.3 Å². The lowest BCUT2D eigenvalue weighted by Gasteiger charge is -2.26. The fourth-order valence-electron chi connectivity index (χ4n) is 2.00. The topological polar surface area (TPSA) is 26.9 Å². The molecule has 18 heavy (non-hydrogen) atoms. The van der Waals surface area contributed by atoms with Crippen molar-refractivity contribution in [2.24, 2.45) is 5.41 Å². The molecule has 0 saturated carbocycles. The van der Waals surface area contributed by atoms with E-state index in [0.717, 1.165) is 15.8 Å². The average molecular weight is 264 g/mol. The van der Waals surface area contributed by atoms with Gasteiger partial charge < -0.3 is 5.21 Å². The summed E-state index contributed by atoms with van der Waals surface area (Å²) in [4.78, 5) is 0. The van der Waals surface area contributed by atoms with Crippen LogP contribution in [-0.4, -0.2) is 0 Å². The minimum atomic E-state index is 0.0257. The van der Waals surface area contributed by atoms with Crippen molar-refractivity contribution in [2.75, 3.05) is 0 Å². The predicted octanol–water partition coefficient (Wildman–Crippen LogP) is 4.28. The number of benzene rings is 1. The number of pyridine rings is 1. The SMILES string of the molecule is CC(c1cc(Cl)c2ccccc2[n+]1[O-])C(C)(C)C. The zero-order valence-electron chi connectivity index (χ0n) is 11.2. The minimum Gasteiger partial charge on any atom is -0.618 e. The molecule has 2 aromatic rings. The van der Waals surface area contributed by atoms with Gasteiger partial charge in [0.05, 0.1) is 10.4 Å². The number of halogens is 1. The molecule has 0 amide bonds. The normalized spacial score (nSPS) is 13.8. The molecule has 0 radical (unpaired) electrons. The average Bonchev–Trinajstić information content (AvgIpc) is 2.32. The van der Waals surface area contributed by atoms with E-state index in [1.165, 1.54) is 0 Å². The van der Waals surface area contributed by atoms with Crippen molar-refractivity contribution in [1.82, 2.24) is 0 Å². The van der Waals surface area contributed by atoms with Gasteiger partial charge in [0.1, 0.15) is 0 Å². The van der Waals surface area contributed by atoms with Gasteiger partial charge in [-0.2, -0.15) is 4.73 Å². The Kier molecular flexibility index (Phi) is 3.24. The monoisotopic (exact) mass is 263 g/mol. The second-order valence-electron chi connectivity index (χ2n) is 5.82. The second kappa shape index (κ2) is 4.43. The van der Waals surface area contributed by atoms with Gasteiger partial charge in [0, 0.05) is 18.1 Å². The van der Waals surface area contributed by atoms with Crippen LogP contribution in [0.4, 0.5) is 0 Å². The number of fused-ring (bicyclic) bond motifs is 1. The van der Waals surface area contributed by atoms with Crippen LogP contribution < -0.4 is 4.73 Å². The van der Waals surface area contributed by atoms with E-state index in [2.05, 4.69) is 27.7 Å². The first kappa shape index (κ1) is 13.2. The van der Waals surface area contributed by atoms with Crippen molar-refractivity contribution in [3.63, 3.8) is 0 Å². The summed E-state index contributed by atoms with van der Waals surface area (Å²) >= 11 is 6.28. The summed E-state index contributed by atoms with van der Waals surface area (Å²) in [6, 6.07) is 9.23. The lowest BCUT2D eigenvalue weighted by Crippen LogP contribution is -2.37. The molecule has 0 spiro atoms. The number of hydrogen-bond acceptors (Lipinski definition) is 1. The largest absolute Gasteiger partial charge is 0.618 e. The van der Waals surface area contributed by atoms with E-state index >= 15 is 0 Å². The minimum absolute atomic E-state index is 0.0257. The molecule has 0 N–H and O–H groups in total. The van der Waals surface area contributed by atoms with Gasteiger partial charge in [-0.15, -0.1) is 0 Å². The Morgan fingerprint density at radius 2 is 1.83 bits per heavy atom. The number of nitrogens with zero attached hydrogens (tertiary/aromatic N) is 1. The van der Waals surface area contributed by atoms with Gasteiger partial charge in [0.25, 0.3) is 0 Å². The molecule has 0 saturated heterocycles.